The van der Waals surface area contributed by atoms with Gasteiger partial charge in [-0.2, -0.15) is 0 Å². The van der Waals surface area contributed by atoms with Crippen LogP contribution in [0.2, 0.25) is 0 Å². The van der Waals surface area contributed by atoms with Crippen LogP contribution >= 0.6 is 0 Å². The van der Waals surface area contributed by atoms with Gasteiger partial charge in [0.2, 0.25) is 0 Å². The van der Waals surface area contributed by atoms with Crippen molar-refractivity contribution in [3.05, 3.63) is 0 Å². The summed E-state index contributed by atoms with van der Waals surface area (Å²) in [6, 6.07) is -1.06. The van der Waals surface area contributed by atoms with Crippen LogP contribution in [0.4, 0.5) is 0 Å². The summed E-state index contributed by atoms with van der Waals surface area (Å²) < 4.78 is 4.66. The molecule has 6 nitrogen and oxygen atoms in total. The average molecular weight is 386 g/mol. The third kappa shape index (κ3) is 17.7. The van der Waals surface area contributed by atoms with Crippen molar-refractivity contribution in [2.24, 2.45) is 5.73 Å². The Balaban J connectivity index is 3.43. The molecule has 0 unspecified atom stereocenters. The second-order valence-corrected chi connectivity index (χ2v) is 7.32. The van der Waals surface area contributed by atoms with Gasteiger partial charge in [0.1, 0.15) is 6.04 Å². The van der Waals surface area contributed by atoms with Crippen molar-refractivity contribution in [3.63, 3.8) is 0 Å². The van der Waals surface area contributed by atoms with Crippen molar-refractivity contribution in [2.75, 3.05) is 0 Å². The molecule has 158 valence electrons. The maximum Gasteiger partial charge on any atom is 0.330 e. The predicted octanol–water partition coefficient (Wildman–Crippen LogP) is 4.73. The number of hydrogen-bond acceptors (Lipinski definition) is 5. The molecule has 0 radical (unpaired) electrons. The maximum absolute atomic E-state index is 11.6. The summed E-state index contributed by atoms with van der Waals surface area (Å²) in [4.78, 5) is 33.5. The minimum Gasteiger partial charge on any atom is -0.481 e. The Kier molecular flexibility index (Phi) is 17.0. The molecule has 0 aromatic rings. The van der Waals surface area contributed by atoms with Crippen molar-refractivity contribution in [3.8, 4) is 0 Å². The van der Waals surface area contributed by atoms with Crippen LogP contribution in [-0.4, -0.2) is 29.1 Å². The van der Waals surface area contributed by atoms with Gasteiger partial charge < -0.3 is 15.6 Å². The molecule has 6 heteroatoms. The first-order chi connectivity index (χ1) is 13.0. The smallest absolute Gasteiger partial charge is 0.330 e. The summed E-state index contributed by atoms with van der Waals surface area (Å²) in [5, 5.41) is 8.54. The van der Waals surface area contributed by atoms with E-state index in [4.69, 9.17) is 10.8 Å². The maximum atomic E-state index is 11.6. The first kappa shape index (κ1) is 25.6. The second kappa shape index (κ2) is 18.0. The lowest BCUT2D eigenvalue weighted by Gasteiger charge is -2.09. The number of rotatable bonds is 18. The number of carboxylic acids is 1. The van der Waals surface area contributed by atoms with E-state index < -0.39 is 23.9 Å². The van der Waals surface area contributed by atoms with Crippen LogP contribution in [0.15, 0.2) is 0 Å². The van der Waals surface area contributed by atoms with E-state index in [-0.39, 0.29) is 19.3 Å². The van der Waals surface area contributed by atoms with Crippen LogP contribution in [0, 0.1) is 0 Å². The van der Waals surface area contributed by atoms with E-state index in [1.807, 2.05) is 0 Å². The monoisotopic (exact) mass is 385 g/mol. The molecule has 0 aromatic carbocycles. The zero-order chi connectivity index (χ0) is 20.3. The minimum absolute atomic E-state index is 0.0276. The van der Waals surface area contributed by atoms with E-state index in [0.717, 1.165) is 12.8 Å². The summed E-state index contributed by atoms with van der Waals surface area (Å²) >= 11 is 0. The molecule has 0 amide bonds. The van der Waals surface area contributed by atoms with Crippen LogP contribution in [-0.2, 0) is 19.1 Å². The van der Waals surface area contributed by atoms with E-state index in [1.54, 1.807) is 0 Å². The molecule has 0 aliphatic rings. The Morgan fingerprint density at radius 3 is 1.67 bits per heavy atom. The van der Waals surface area contributed by atoms with Gasteiger partial charge in [0, 0.05) is 12.8 Å². The van der Waals surface area contributed by atoms with Crippen molar-refractivity contribution in [2.45, 2.75) is 116 Å². The van der Waals surface area contributed by atoms with E-state index >= 15 is 0 Å². The molecule has 0 rings (SSSR count). The summed E-state index contributed by atoms with van der Waals surface area (Å²) in [5.41, 5.74) is 5.50. The van der Waals surface area contributed by atoms with Gasteiger partial charge in [0.25, 0.3) is 0 Å². The van der Waals surface area contributed by atoms with Crippen LogP contribution in [0.1, 0.15) is 110 Å². The summed E-state index contributed by atoms with van der Waals surface area (Å²) in [7, 11) is 0. The standard InChI is InChI=1S/C21H39NO5/c1-2-3-4-5-6-7-8-9-10-11-12-13-14-15-20(25)27-21(26)18(22)16-17-19(23)24/h18H,2-17,22H2,1H3,(H,23,24)/t18-/m1/s1. The number of ether oxygens (including phenoxy) is 1. The highest BCUT2D eigenvalue weighted by atomic mass is 16.6. The Bertz CT molecular complexity index is 411. The highest BCUT2D eigenvalue weighted by molar-refractivity contribution is 5.88. The lowest BCUT2D eigenvalue weighted by molar-refractivity contribution is -0.160. The third-order valence-electron chi connectivity index (χ3n) is 4.67. The number of aliphatic carboxylic acids is 1. The number of carbonyl (C=O) groups excluding carboxylic acids is 2. The molecular weight excluding hydrogens is 346 g/mol. The van der Waals surface area contributed by atoms with Gasteiger partial charge in [-0.05, 0) is 12.8 Å². The Morgan fingerprint density at radius 1 is 0.778 bits per heavy atom. The largest absolute Gasteiger partial charge is 0.481 e. The van der Waals surface area contributed by atoms with Gasteiger partial charge >= 0.3 is 17.9 Å². The van der Waals surface area contributed by atoms with Crippen LogP contribution in [0.25, 0.3) is 0 Å². The zero-order valence-electron chi connectivity index (χ0n) is 17.0. The quantitative estimate of drug-likeness (QED) is 0.201. The number of esters is 2. The molecule has 0 aliphatic carbocycles. The third-order valence-corrected chi connectivity index (χ3v) is 4.67. The normalized spacial score (nSPS) is 11.9. The number of carboxylic acid groups (broad SMARTS) is 1. The van der Waals surface area contributed by atoms with Gasteiger partial charge in [-0.3, -0.25) is 9.59 Å². The molecule has 1 atom stereocenters. The second-order valence-electron chi connectivity index (χ2n) is 7.32. The van der Waals surface area contributed by atoms with Crippen LogP contribution in [0.5, 0.6) is 0 Å². The molecule has 0 saturated heterocycles. The molecule has 0 aromatic heterocycles. The highest BCUT2D eigenvalue weighted by Crippen LogP contribution is 2.13. The number of hydrogen-bond donors (Lipinski definition) is 2. The fraction of sp³-hybridized carbons (Fsp3) is 0.857. The van der Waals surface area contributed by atoms with Gasteiger partial charge in [-0.15, -0.1) is 0 Å². The fourth-order valence-electron chi connectivity index (χ4n) is 2.92. The molecule has 0 saturated carbocycles. The van der Waals surface area contributed by atoms with E-state index in [1.165, 1.54) is 64.2 Å². The lowest BCUT2D eigenvalue weighted by atomic mass is 10.0. The van der Waals surface area contributed by atoms with Crippen molar-refractivity contribution < 1.29 is 24.2 Å². The summed E-state index contributed by atoms with van der Waals surface area (Å²) in [6.45, 7) is 2.24. The van der Waals surface area contributed by atoms with E-state index in [0.29, 0.717) is 6.42 Å². The Morgan fingerprint density at radius 2 is 1.22 bits per heavy atom. The summed E-state index contributed by atoms with van der Waals surface area (Å²) in [5.74, 6) is -2.44. The van der Waals surface area contributed by atoms with Crippen molar-refractivity contribution >= 4 is 17.9 Å². The Hall–Kier alpha value is -1.43. The first-order valence-corrected chi connectivity index (χ1v) is 10.7. The van der Waals surface area contributed by atoms with Crippen molar-refractivity contribution in [1.82, 2.24) is 0 Å². The molecule has 0 fully saturated rings. The van der Waals surface area contributed by atoms with E-state index in [9.17, 15) is 14.4 Å². The summed E-state index contributed by atoms with van der Waals surface area (Å²) in [6.07, 6.45) is 15.9. The number of unbranched alkanes of at least 4 members (excludes halogenated alkanes) is 12. The van der Waals surface area contributed by atoms with Crippen LogP contribution < -0.4 is 5.73 Å². The lowest BCUT2D eigenvalue weighted by Crippen LogP contribution is -2.34. The molecule has 0 aliphatic heterocycles. The molecule has 27 heavy (non-hydrogen) atoms. The first-order valence-electron chi connectivity index (χ1n) is 10.7. The molecule has 0 spiro atoms. The predicted molar refractivity (Wildman–Crippen MR) is 106 cm³/mol. The van der Waals surface area contributed by atoms with Crippen LogP contribution in [0.3, 0.4) is 0 Å². The zero-order valence-corrected chi connectivity index (χ0v) is 17.0. The van der Waals surface area contributed by atoms with Gasteiger partial charge in [-0.25, -0.2) is 4.79 Å². The van der Waals surface area contributed by atoms with Gasteiger partial charge in [0.15, 0.2) is 0 Å². The molecule has 0 bridgehead atoms. The van der Waals surface area contributed by atoms with Gasteiger partial charge in [-0.1, -0.05) is 84.0 Å². The van der Waals surface area contributed by atoms with Gasteiger partial charge in [0.05, 0.1) is 0 Å². The SMILES string of the molecule is CCCCCCCCCCCCCCCC(=O)OC(=O)[C@H](N)CCC(=O)O. The number of carbonyl (C=O) groups is 3. The average Bonchev–Trinajstić information content (AvgIpc) is 2.63. The molecular formula is C21H39NO5. The van der Waals surface area contributed by atoms with Crippen molar-refractivity contribution in [1.29, 1.82) is 0 Å². The highest BCUT2D eigenvalue weighted by Gasteiger charge is 2.19. The minimum atomic E-state index is -1.06. The molecule has 3 N–H and O–H groups in total. The topological polar surface area (TPSA) is 107 Å². The Labute approximate surface area is 164 Å². The number of nitrogens with two attached hydrogens (primary N) is 1. The van der Waals surface area contributed by atoms with E-state index in [2.05, 4.69) is 11.7 Å². The molecule has 0 heterocycles. The fourth-order valence-corrected chi connectivity index (χ4v) is 2.92.